The molecule has 0 saturated carbocycles. The second-order valence-corrected chi connectivity index (χ2v) is 9.63. The van der Waals surface area contributed by atoms with Gasteiger partial charge in [0.25, 0.3) is 0 Å². The van der Waals surface area contributed by atoms with Crippen LogP contribution >= 0.6 is 11.6 Å². The van der Waals surface area contributed by atoms with Gasteiger partial charge < -0.3 is 0 Å². The van der Waals surface area contributed by atoms with Crippen molar-refractivity contribution >= 4 is 21.4 Å². The monoisotopic (exact) mass is 476 g/mol. The summed E-state index contributed by atoms with van der Waals surface area (Å²) < 4.78 is 64.9. The van der Waals surface area contributed by atoms with Gasteiger partial charge in [0.15, 0.2) is 9.84 Å². The molecule has 0 fully saturated rings. The van der Waals surface area contributed by atoms with Crippen LogP contribution < -0.4 is 0 Å². The van der Waals surface area contributed by atoms with Crippen molar-refractivity contribution in [1.82, 2.24) is 9.78 Å². The molecule has 0 unspecified atom stereocenters. The van der Waals surface area contributed by atoms with Gasteiger partial charge in [-0.05, 0) is 54.6 Å². The number of halogens is 4. The maximum Gasteiger partial charge on any atom is 0.416 e. The summed E-state index contributed by atoms with van der Waals surface area (Å²) in [5.74, 6) is 0. The van der Waals surface area contributed by atoms with Gasteiger partial charge in [0.2, 0.25) is 0 Å². The zero-order chi connectivity index (χ0) is 23.1. The van der Waals surface area contributed by atoms with Crippen LogP contribution in [0, 0.1) is 0 Å². The third kappa shape index (κ3) is 4.56. The topological polar surface area (TPSA) is 52.0 Å². The van der Waals surface area contributed by atoms with Crippen molar-refractivity contribution in [2.24, 2.45) is 0 Å². The van der Waals surface area contributed by atoms with Gasteiger partial charge in [-0.2, -0.15) is 18.3 Å². The first-order chi connectivity index (χ1) is 15.0. The molecule has 4 nitrogen and oxygen atoms in total. The number of aromatic nitrogens is 2. The normalized spacial score (nSPS) is 12.2. The molecular weight excluding hydrogens is 461 g/mol. The highest BCUT2D eigenvalue weighted by Gasteiger charge is 2.30. The van der Waals surface area contributed by atoms with Gasteiger partial charge in [0, 0.05) is 22.4 Å². The average molecular weight is 477 g/mol. The van der Waals surface area contributed by atoms with Crippen molar-refractivity contribution in [3.63, 3.8) is 0 Å². The number of hydrogen-bond donors (Lipinski definition) is 0. The molecule has 0 aliphatic carbocycles. The summed E-state index contributed by atoms with van der Waals surface area (Å²) >= 11 is 5.96. The summed E-state index contributed by atoms with van der Waals surface area (Å²) in [5.41, 5.74) is 1.73. The molecule has 164 valence electrons. The summed E-state index contributed by atoms with van der Waals surface area (Å²) in [4.78, 5) is 0.131. The maximum absolute atomic E-state index is 13.3. The zero-order valence-corrected chi connectivity index (χ0v) is 18.2. The van der Waals surface area contributed by atoms with Crippen molar-refractivity contribution in [2.75, 3.05) is 6.26 Å². The molecule has 1 heterocycles. The van der Waals surface area contributed by atoms with E-state index in [1.807, 2.05) is 0 Å². The molecule has 32 heavy (non-hydrogen) atoms. The highest BCUT2D eigenvalue weighted by atomic mass is 35.5. The van der Waals surface area contributed by atoms with Crippen LogP contribution in [0.15, 0.2) is 83.8 Å². The van der Waals surface area contributed by atoms with Crippen LogP contribution in [0.3, 0.4) is 0 Å². The molecule has 0 saturated heterocycles. The van der Waals surface area contributed by atoms with E-state index in [1.54, 1.807) is 48.5 Å². The van der Waals surface area contributed by atoms with Crippen LogP contribution in [-0.4, -0.2) is 24.5 Å². The molecule has 4 aromatic rings. The molecule has 3 aromatic carbocycles. The quantitative estimate of drug-likeness (QED) is 0.348. The second-order valence-electron chi connectivity index (χ2n) is 7.18. The standard InChI is InChI=1S/C23H16ClF3N2O2S/c1-32(30,31)20-11-9-19(10-12-20)29-22(16-3-2-4-17(13-16)23(25,26)27)14-21(28-29)15-5-7-18(24)8-6-15/h2-14H,1H3. The molecule has 0 amide bonds. The number of benzene rings is 3. The summed E-state index contributed by atoms with van der Waals surface area (Å²) in [5, 5.41) is 5.13. The second kappa shape index (κ2) is 8.11. The third-order valence-electron chi connectivity index (χ3n) is 4.84. The van der Waals surface area contributed by atoms with E-state index in [1.165, 1.54) is 22.9 Å². The Kier molecular flexibility index (Phi) is 5.60. The van der Waals surface area contributed by atoms with Gasteiger partial charge in [0.05, 0.1) is 27.5 Å². The minimum absolute atomic E-state index is 0.131. The van der Waals surface area contributed by atoms with Crippen LogP contribution in [0.1, 0.15) is 5.56 Å². The van der Waals surface area contributed by atoms with Crippen LogP contribution in [0.4, 0.5) is 13.2 Å². The first kappa shape index (κ1) is 22.1. The Morgan fingerprint density at radius 3 is 2.12 bits per heavy atom. The molecule has 0 atom stereocenters. The Balaban J connectivity index is 1.89. The first-order valence-electron chi connectivity index (χ1n) is 9.36. The number of rotatable bonds is 4. The summed E-state index contributed by atoms with van der Waals surface area (Å²) in [6.07, 6.45) is -3.39. The van der Waals surface area contributed by atoms with Crippen molar-refractivity contribution < 1.29 is 21.6 Å². The molecule has 9 heteroatoms. The van der Waals surface area contributed by atoms with E-state index in [0.717, 1.165) is 24.0 Å². The molecule has 0 aliphatic rings. The van der Waals surface area contributed by atoms with Crippen LogP contribution in [0.5, 0.6) is 0 Å². The van der Waals surface area contributed by atoms with Crippen LogP contribution in [-0.2, 0) is 16.0 Å². The lowest BCUT2D eigenvalue weighted by molar-refractivity contribution is -0.137. The Hall–Kier alpha value is -3.10. The summed E-state index contributed by atoms with van der Waals surface area (Å²) in [6.45, 7) is 0. The van der Waals surface area contributed by atoms with Gasteiger partial charge in [-0.25, -0.2) is 13.1 Å². The molecule has 1 aromatic heterocycles. The SMILES string of the molecule is CS(=O)(=O)c1ccc(-n2nc(-c3ccc(Cl)cc3)cc2-c2cccc(C(F)(F)F)c2)cc1. The third-order valence-corrected chi connectivity index (χ3v) is 6.22. The van der Waals surface area contributed by atoms with E-state index in [4.69, 9.17) is 11.6 Å². The molecule has 0 N–H and O–H groups in total. The van der Waals surface area contributed by atoms with Crippen molar-refractivity contribution in [1.29, 1.82) is 0 Å². The molecule has 0 spiro atoms. The average Bonchev–Trinajstić information content (AvgIpc) is 3.19. The lowest BCUT2D eigenvalue weighted by atomic mass is 10.1. The number of hydrogen-bond acceptors (Lipinski definition) is 3. The molecule has 4 rings (SSSR count). The lowest BCUT2D eigenvalue weighted by Gasteiger charge is -2.11. The summed E-state index contributed by atoms with van der Waals surface area (Å²) in [6, 6.07) is 19.6. The predicted octanol–water partition coefficient (Wildman–Crippen LogP) is 6.28. The molecule has 0 radical (unpaired) electrons. The summed E-state index contributed by atoms with van der Waals surface area (Å²) in [7, 11) is -3.40. The van der Waals surface area contributed by atoms with Gasteiger partial charge in [-0.3, -0.25) is 0 Å². The fourth-order valence-corrected chi connectivity index (χ4v) is 3.99. The van der Waals surface area contributed by atoms with Crippen molar-refractivity contribution in [2.45, 2.75) is 11.1 Å². The highest BCUT2D eigenvalue weighted by molar-refractivity contribution is 7.90. The van der Waals surface area contributed by atoms with E-state index >= 15 is 0 Å². The lowest BCUT2D eigenvalue weighted by Crippen LogP contribution is -2.05. The molecule has 0 bridgehead atoms. The van der Waals surface area contributed by atoms with Gasteiger partial charge in [0.1, 0.15) is 0 Å². The van der Waals surface area contributed by atoms with E-state index < -0.39 is 21.6 Å². The number of alkyl halides is 3. The first-order valence-corrected chi connectivity index (χ1v) is 11.6. The van der Waals surface area contributed by atoms with Crippen LogP contribution in [0.25, 0.3) is 28.2 Å². The van der Waals surface area contributed by atoms with Gasteiger partial charge in [-0.15, -0.1) is 0 Å². The Morgan fingerprint density at radius 1 is 0.875 bits per heavy atom. The van der Waals surface area contributed by atoms with Crippen LogP contribution in [0.2, 0.25) is 5.02 Å². The maximum atomic E-state index is 13.3. The smallest absolute Gasteiger partial charge is 0.232 e. The fraction of sp³-hybridized carbons (Fsp3) is 0.0870. The Bertz CT molecular complexity index is 1380. The fourth-order valence-electron chi connectivity index (χ4n) is 3.23. The number of sulfone groups is 1. The minimum Gasteiger partial charge on any atom is -0.232 e. The van der Waals surface area contributed by atoms with Crippen molar-refractivity contribution in [3.05, 3.63) is 89.4 Å². The van der Waals surface area contributed by atoms with Gasteiger partial charge >= 0.3 is 6.18 Å². The van der Waals surface area contributed by atoms with Crippen molar-refractivity contribution in [3.8, 4) is 28.2 Å². The Labute approximate surface area is 187 Å². The minimum atomic E-state index is -4.49. The molecular formula is C23H16ClF3N2O2S. The van der Waals surface area contributed by atoms with E-state index in [2.05, 4.69) is 5.10 Å². The van der Waals surface area contributed by atoms with E-state index in [-0.39, 0.29) is 4.90 Å². The van der Waals surface area contributed by atoms with Gasteiger partial charge in [-0.1, -0.05) is 35.9 Å². The van der Waals surface area contributed by atoms with E-state index in [9.17, 15) is 21.6 Å². The van der Waals surface area contributed by atoms with E-state index in [0.29, 0.717) is 27.7 Å². The largest absolute Gasteiger partial charge is 0.416 e. The highest BCUT2D eigenvalue weighted by Crippen LogP contribution is 2.34. The Morgan fingerprint density at radius 2 is 1.53 bits per heavy atom. The number of nitrogens with zero attached hydrogens (tertiary/aromatic N) is 2. The molecule has 0 aliphatic heterocycles. The zero-order valence-electron chi connectivity index (χ0n) is 16.6. The predicted molar refractivity (Wildman–Crippen MR) is 118 cm³/mol.